The first-order valence-electron chi connectivity index (χ1n) is 12.0. The Morgan fingerprint density at radius 3 is 2.05 bits per heavy atom. The average molecular weight is 531 g/mol. The first-order valence-corrected chi connectivity index (χ1v) is 14.4. The van der Waals surface area contributed by atoms with Gasteiger partial charge in [-0.3, -0.25) is 9.10 Å². The molecule has 0 aliphatic heterocycles. The van der Waals surface area contributed by atoms with Crippen molar-refractivity contribution in [2.75, 3.05) is 16.2 Å². The highest BCUT2D eigenvalue weighted by Crippen LogP contribution is 2.27. The molecule has 37 heavy (non-hydrogen) atoms. The molecule has 0 heterocycles. The molecule has 5 nitrogen and oxygen atoms in total. The minimum atomic E-state index is -3.96. The van der Waals surface area contributed by atoms with Gasteiger partial charge in [0, 0.05) is 16.3 Å². The van der Waals surface area contributed by atoms with Crippen LogP contribution in [0.4, 0.5) is 11.4 Å². The standard InChI is InChI=1S/C30H30N2O3S2/c1-22-16-23(2)18-26(17-22)32(37(34,35)28-12-8-5-9-13-28)20-30(33)31-29-15-14-25(19-24(29)3)21-36-27-10-6-4-7-11-27/h4-19H,20-21H2,1-3H3,(H,31,33). The maximum Gasteiger partial charge on any atom is 0.264 e. The predicted octanol–water partition coefficient (Wildman–Crippen LogP) is 6.74. The maximum atomic E-state index is 13.6. The number of carbonyl (C=O) groups excluding carboxylic acids is 1. The maximum absolute atomic E-state index is 13.6. The minimum Gasteiger partial charge on any atom is -0.324 e. The van der Waals surface area contributed by atoms with E-state index in [1.54, 1.807) is 54.2 Å². The molecule has 190 valence electrons. The van der Waals surface area contributed by atoms with Crippen LogP contribution >= 0.6 is 11.8 Å². The molecule has 0 unspecified atom stereocenters. The lowest BCUT2D eigenvalue weighted by Crippen LogP contribution is -2.38. The molecule has 1 N–H and O–H groups in total. The third-order valence-corrected chi connectivity index (χ3v) is 8.70. The van der Waals surface area contributed by atoms with E-state index in [0.29, 0.717) is 11.4 Å². The Morgan fingerprint density at radius 2 is 1.43 bits per heavy atom. The van der Waals surface area contributed by atoms with Crippen molar-refractivity contribution in [2.45, 2.75) is 36.3 Å². The summed E-state index contributed by atoms with van der Waals surface area (Å²) in [5, 5.41) is 2.91. The molecule has 0 aromatic heterocycles. The molecule has 7 heteroatoms. The molecule has 0 saturated heterocycles. The fraction of sp³-hybridized carbons (Fsp3) is 0.167. The Labute approximate surface area is 223 Å². The van der Waals surface area contributed by atoms with E-state index in [0.717, 1.165) is 28.0 Å². The van der Waals surface area contributed by atoms with E-state index in [2.05, 4.69) is 17.4 Å². The van der Waals surface area contributed by atoms with Gasteiger partial charge >= 0.3 is 0 Å². The quantitative estimate of drug-likeness (QED) is 0.244. The highest BCUT2D eigenvalue weighted by Gasteiger charge is 2.27. The highest BCUT2D eigenvalue weighted by atomic mass is 32.2. The van der Waals surface area contributed by atoms with E-state index in [1.165, 1.54) is 9.20 Å². The van der Waals surface area contributed by atoms with Crippen molar-refractivity contribution in [1.82, 2.24) is 0 Å². The number of thioether (sulfide) groups is 1. The summed E-state index contributed by atoms with van der Waals surface area (Å²) in [4.78, 5) is 14.5. The Kier molecular flexibility index (Phi) is 8.36. The van der Waals surface area contributed by atoms with Crippen LogP contribution in [0.3, 0.4) is 0 Å². The van der Waals surface area contributed by atoms with Crippen molar-refractivity contribution < 1.29 is 13.2 Å². The van der Waals surface area contributed by atoms with Crippen LogP contribution in [0.5, 0.6) is 0 Å². The summed E-state index contributed by atoms with van der Waals surface area (Å²) >= 11 is 1.75. The zero-order valence-electron chi connectivity index (χ0n) is 21.1. The van der Waals surface area contributed by atoms with Crippen LogP contribution in [-0.2, 0) is 20.6 Å². The largest absolute Gasteiger partial charge is 0.324 e. The van der Waals surface area contributed by atoms with Gasteiger partial charge < -0.3 is 5.32 Å². The number of hydrogen-bond acceptors (Lipinski definition) is 4. The van der Waals surface area contributed by atoms with Gasteiger partial charge in [0.1, 0.15) is 6.54 Å². The SMILES string of the molecule is Cc1cc(C)cc(N(CC(=O)Nc2ccc(CSc3ccccc3)cc2C)S(=O)(=O)c2ccccc2)c1. The Bertz CT molecular complexity index is 1470. The molecular formula is C30H30N2O3S2. The molecule has 0 aliphatic rings. The molecule has 0 saturated carbocycles. The predicted molar refractivity (Wildman–Crippen MR) is 153 cm³/mol. The summed E-state index contributed by atoms with van der Waals surface area (Å²) in [5.74, 6) is 0.405. The van der Waals surface area contributed by atoms with Crippen molar-refractivity contribution in [3.8, 4) is 0 Å². The van der Waals surface area contributed by atoms with Gasteiger partial charge in [0.05, 0.1) is 10.6 Å². The summed E-state index contributed by atoms with van der Waals surface area (Å²) < 4.78 is 28.4. The van der Waals surface area contributed by atoms with Gasteiger partial charge in [0.15, 0.2) is 0 Å². The van der Waals surface area contributed by atoms with Crippen molar-refractivity contribution in [3.63, 3.8) is 0 Å². The van der Waals surface area contributed by atoms with E-state index >= 15 is 0 Å². The molecular weight excluding hydrogens is 500 g/mol. The fourth-order valence-electron chi connectivity index (χ4n) is 4.09. The van der Waals surface area contributed by atoms with E-state index in [-0.39, 0.29) is 11.4 Å². The lowest BCUT2D eigenvalue weighted by Gasteiger charge is -2.25. The fourth-order valence-corrected chi connectivity index (χ4v) is 6.38. The van der Waals surface area contributed by atoms with E-state index in [9.17, 15) is 13.2 Å². The summed E-state index contributed by atoms with van der Waals surface area (Å²) in [6, 6.07) is 29.8. The summed E-state index contributed by atoms with van der Waals surface area (Å²) in [6.45, 7) is 5.41. The third kappa shape index (κ3) is 6.81. The van der Waals surface area contributed by atoms with Crippen molar-refractivity contribution in [3.05, 3.63) is 119 Å². The Hall–Kier alpha value is -3.55. The van der Waals surface area contributed by atoms with Crippen molar-refractivity contribution in [2.24, 2.45) is 0 Å². The van der Waals surface area contributed by atoms with Crippen LogP contribution in [0.1, 0.15) is 22.3 Å². The van der Waals surface area contributed by atoms with E-state index < -0.39 is 15.9 Å². The smallest absolute Gasteiger partial charge is 0.264 e. The molecule has 4 aromatic rings. The number of nitrogens with zero attached hydrogens (tertiary/aromatic N) is 1. The first-order chi connectivity index (χ1) is 17.7. The molecule has 0 bridgehead atoms. The first kappa shape index (κ1) is 26.5. The highest BCUT2D eigenvalue weighted by molar-refractivity contribution is 7.98. The second-order valence-corrected chi connectivity index (χ2v) is 11.9. The number of hydrogen-bond donors (Lipinski definition) is 1. The third-order valence-electron chi connectivity index (χ3n) is 5.83. The number of aryl methyl sites for hydroxylation is 3. The topological polar surface area (TPSA) is 66.5 Å². The number of nitrogens with one attached hydrogen (secondary N) is 1. The summed E-state index contributed by atoms with van der Waals surface area (Å²) in [7, 11) is -3.96. The number of anilines is 2. The second kappa shape index (κ2) is 11.7. The zero-order chi connectivity index (χ0) is 26.4. The lowest BCUT2D eigenvalue weighted by atomic mass is 10.1. The number of sulfonamides is 1. The number of carbonyl (C=O) groups is 1. The van der Waals surface area contributed by atoms with Crippen molar-refractivity contribution in [1.29, 1.82) is 0 Å². The molecule has 0 radical (unpaired) electrons. The van der Waals surface area contributed by atoms with Crippen molar-refractivity contribution >= 4 is 39.1 Å². The van der Waals surface area contributed by atoms with Gasteiger partial charge in [-0.05, 0) is 85.5 Å². The Balaban J connectivity index is 1.53. The molecule has 1 amide bonds. The van der Waals surface area contributed by atoms with Gasteiger partial charge in [0.25, 0.3) is 10.0 Å². The van der Waals surface area contributed by atoms with Crippen LogP contribution in [0, 0.1) is 20.8 Å². The number of benzene rings is 4. The number of rotatable bonds is 9. The van der Waals surface area contributed by atoms with Gasteiger partial charge in [-0.1, -0.05) is 54.6 Å². The Morgan fingerprint density at radius 1 is 0.811 bits per heavy atom. The second-order valence-electron chi connectivity index (χ2n) is 8.97. The molecule has 0 spiro atoms. The summed E-state index contributed by atoms with van der Waals surface area (Å²) in [6.07, 6.45) is 0. The van der Waals surface area contributed by atoms with Gasteiger partial charge in [-0.2, -0.15) is 0 Å². The van der Waals surface area contributed by atoms with Gasteiger partial charge in [0.2, 0.25) is 5.91 Å². The molecule has 4 rings (SSSR count). The monoisotopic (exact) mass is 530 g/mol. The average Bonchev–Trinajstić information content (AvgIpc) is 2.88. The van der Waals surface area contributed by atoms with E-state index in [4.69, 9.17) is 0 Å². The van der Waals surface area contributed by atoms with Gasteiger partial charge in [-0.25, -0.2) is 8.42 Å². The van der Waals surface area contributed by atoms with Crippen LogP contribution < -0.4 is 9.62 Å². The van der Waals surface area contributed by atoms with Crippen LogP contribution in [-0.4, -0.2) is 20.9 Å². The lowest BCUT2D eigenvalue weighted by molar-refractivity contribution is -0.114. The minimum absolute atomic E-state index is 0.137. The van der Waals surface area contributed by atoms with Crippen LogP contribution in [0.2, 0.25) is 0 Å². The molecule has 0 aliphatic carbocycles. The van der Waals surface area contributed by atoms with E-state index in [1.807, 2.05) is 63.2 Å². The van der Waals surface area contributed by atoms with Crippen LogP contribution in [0.15, 0.2) is 107 Å². The zero-order valence-corrected chi connectivity index (χ0v) is 22.8. The molecule has 4 aromatic carbocycles. The summed E-state index contributed by atoms with van der Waals surface area (Å²) in [5.41, 5.74) is 5.03. The van der Waals surface area contributed by atoms with Crippen LogP contribution in [0.25, 0.3) is 0 Å². The normalized spacial score (nSPS) is 11.2. The number of amides is 1. The molecule has 0 fully saturated rings. The van der Waals surface area contributed by atoms with Gasteiger partial charge in [-0.15, -0.1) is 11.8 Å². The molecule has 0 atom stereocenters.